The minimum Gasteiger partial charge on any atom is -0.480 e. The molecule has 1 N–H and O–H groups in total. The maximum Gasteiger partial charge on any atom is 0.322 e. The highest BCUT2D eigenvalue weighted by Gasteiger charge is 2.39. The molecule has 1 heterocycles. The number of benzene rings is 1. The summed E-state index contributed by atoms with van der Waals surface area (Å²) >= 11 is 0. The lowest BCUT2D eigenvalue weighted by Gasteiger charge is -2.21. The lowest BCUT2D eigenvalue weighted by Crippen LogP contribution is -2.40. The van der Waals surface area contributed by atoms with Gasteiger partial charge in [0, 0.05) is 26.2 Å². The molecule has 120 valence electrons. The predicted octanol–water partition coefficient (Wildman–Crippen LogP) is 0.907. The summed E-state index contributed by atoms with van der Waals surface area (Å²) in [6, 6.07) is 4.83. The van der Waals surface area contributed by atoms with Crippen LogP contribution in [0, 0.1) is 0 Å². The van der Waals surface area contributed by atoms with Crippen LogP contribution in [0.1, 0.15) is 19.8 Å². The number of nitrogens with zero attached hydrogens (tertiary/aromatic N) is 2. The van der Waals surface area contributed by atoms with Crippen molar-refractivity contribution in [2.24, 2.45) is 0 Å². The van der Waals surface area contributed by atoms with E-state index in [0.29, 0.717) is 18.5 Å². The normalized spacial score (nSPS) is 19.1. The SMILES string of the molecule is CC(=O)N(C)c1ccc(S(=O)(=O)N2CCC[C@@H]2C(=O)O)cc1. The molecule has 1 amide bonds. The van der Waals surface area contributed by atoms with Gasteiger partial charge in [0.15, 0.2) is 0 Å². The zero-order chi connectivity index (χ0) is 16.5. The van der Waals surface area contributed by atoms with Gasteiger partial charge in [0.1, 0.15) is 6.04 Å². The Hall–Kier alpha value is -1.93. The van der Waals surface area contributed by atoms with E-state index in [2.05, 4.69) is 0 Å². The first-order chi connectivity index (χ1) is 10.2. The average Bonchev–Trinajstić information content (AvgIpc) is 2.97. The molecular formula is C14H18N2O5S. The molecule has 0 saturated carbocycles. The number of rotatable bonds is 4. The molecule has 8 heteroatoms. The van der Waals surface area contributed by atoms with Crippen molar-refractivity contribution in [3.05, 3.63) is 24.3 Å². The van der Waals surface area contributed by atoms with Crippen LogP contribution in [0.3, 0.4) is 0 Å². The van der Waals surface area contributed by atoms with Crippen molar-refractivity contribution < 1.29 is 23.1 Å². The molecule has 0 aliphatic carbocycles. The summed E-state index contributed by atoms with van der Waals surface area (Å²) in [6.07, 6.45) is 0.848. The van der Waals surface area contributed by atoms with Gasteiger partial charge in [-0.05, 0) is 37.1 Å². The van der Waals surface area contributed by atoms with Gasteiger partial charge in [-0.1, -0.05) is 0 Å². The number of hydrogen-bond donors (Lipinski definition) is 1. The zero-order valence-corrected chi connectivity index (χ0v) is 13.2. The standard InChI is InChI=1S/C14H18N2O5S/c1-10(17)15(2)11-5-7-12(8-6-11)22(20,21)16-9-3-4-13(16)14(18)19/h5-8,13H,3-4,9H2,1-2H3,(H,18,19)/t13-/m1/s1. The number of carbonyl (C=O) groups excluding carboxylic acids is 1. The number of hydrogen-bond acceptors (Lipinski definition) is 4. The Labute approximate surface area is 129 Å². The minimum atomic E-state index is -3.85. The number of carboxylic acids is 1. The van der Waals surface area contributed by atoms with Gasteiger partial charge >= 0.3 is 5.97 Å². The number of carbonyl (C=O) groups is 2. The molecular weight excluding hydrogens is 308 g/mol. The van der Waals surface area contributed by atoms with E-state index in [9.17, 15) is 18.0 Å². The van der Waals surface area contributed by atoms with Crippen molar-refractivity contribution in [3.8, 4) is 0 Å². The molecule has 0 bridgehead atoms. The van der Waals surface area contributed by atoms with Gasteiger partial charge in [-0.15, -0.1) is 0 Å². The summed E-state index contributed by atoms with van der Waals surface area (Å²) in [6.45, 7) is 1.61. The van der Waals surface area contributed by atoms with Crippen molar-refractivity contribution in [2.75, 3.05) is 18.5 Å². The summed E-state index contributed by atoms with van der Waals surface area (Å²) in [7, 11) is -2.26. The molecule has 1 aliphatic heterocycles. The van der Waals surface area contributed by atoms with Crippen molar-refractivity contribution in [3.63, 3.8) is 0 Å². The highest BCUT2D eigenvalue weighted by atomic mass is 32.2. The topological polar surface area (TPSA) is 95.0 Å². The van der Waals surface area contributed by atoms with E-state index in [-0.39, 0.29) is 17.3 Å². The Balaban J connectivity index is 2.30. The van der Waals surface area contributed by atoms with Gasteiger partial charge in [-0.3, -0.25) is 9.59 Å². The maximum atomic E-state index is 12.5. The summed E-state index contributed by atoms with van der Waals surface area (Å²) in [4.78, 5) is 23.9. The van der Waals surface area contributed by atoms with Crippen LogP contribution in [0.5, 0.6) is 0 Å². The second-order valence-corrected chi connectivity index (χ2v) is 7.07. The quantitative estimate of drug-likeness (QED) is 0.887. The van der Waals surface area contributed by atoms with Gasteiger partial charge in [-0.2, -0.15) is 4.31 Å². The molecule has 1 aromatic carbocycles. The molecule has 1 saturated heterocycles. The maximum absolute atomic E-state index is 12.5. The lowest BCUT2D eigenvalue weighted by molar-refractivity contribution is -0.140. The van der Waals surface area contributed by atoms with Crippen LogP contribution in [0.4, 0.5) is 5.69 Å². The molecule has 0 spiro atoms. The Morgan fingerprint density at radius 3 is 2.36 bits per heavy atom. The van der Waals surface area contributed by atoms with Gasteiger partial charge < -0.3 is 10.0 Å². The second-order valence-electron chi connectivity index (χ2n) is 5.18. The molecule has 7 nitrogen and oxygen atoms in total. The summed E-state index contributed by atoms with van der Waals surface area (Å²) < 4.78 is 26.1. The number of aliphatic carboxylic acids is 1. The Morgan fingerprint density at radius 2 is 1.86 bits per heavy atom. The molecule has 0 unspecified atom stereocenters. The number of carboxylic acid groups (broad SMARTS) is 1. The highest BCUT2D eigenvalue weighted by molar-refractivity contribution is 7.89. The van der Waals surface area contributed by atoms with Gasteiger partial charge in [0.05, 0.1) is 4.90 Å². The fourth-order valence-corrected chi connectivity index (χ4v) is 4.08. The van der Waals surface area contributed by atoms with Crippen molar-refractivity contribution in [2.45, 2.75) is 30.7 Å². The van der Waals surface area contributed by atoms with Crippen molar-refractivity contribution in [1.29, 1.82) is 0 Å². The van der Waals surface area contributed by atoms with Gasteiger partial charge in [0.25, 0.3) is 0 Å². The van der Waals surface area contributed by atoms with Crippen molar-refractivity contribution in [1.82, 2.24) is 4.31 Å². The smallest absolute Gasteiger partial charge is 0.322 e. The summed E-state index contributed by atoms with van der Waals surface area (Å²) in [5.74, 6) is -1.30. The van der Waals surface area contributed by atoms with Crippen LogP contribution in [0.2, 0.25) is 0 Å². The fourth-order valence-electron chi connectivity index (χ4n) is 2.43. The number of sulfonamides is 1. The molecule has 0 radical (unpaired) electrons. The predicted molar refractivity (Wildman–Crippen MR) is 80.1 cm³/mol. The third-order valence-corrected chi connectivity index (χ3v) is 5.71. The van der Waals surface area contributed by atoms with Crippen LogP contribution in [0.15, 0.2) is 29.2 Å². The van der Waals surface area contributed by atoms with Crippen LogP contribution in [-0.4, -0.2) is 49.3 Å². The molecule has 22 heavy (non-hydrogen) atoms. The van der Waals surface area contributed by atoms with E-state index in [4.69, 9.17) is 5.11 Å². The Bertz CT molecular complexity index is 684. The second kappa shape index (κ2) is 6.05. The van der Waals surface area contributed by atoms with E-state index in [1.165, 1.54) is 36.1 Å². The largest absolute Gasteiger partial charge is 0.480 e. The Kier molecular flexibility index (Phi) is 4.52. The molecule has 1 atom stereocenters. The van der Waals surface area contributed by atoms with Crippen LogP contribution < -0.4 is 4.90 Å². The minimum absolute atomic E-state index is 0.0290. The molecule has 1 aliphatic rings. The van der Waals surface area contributed by atoms with Crippen LogP contribution in [-0.2, 0) is 19.6 Å². The first kappa shape index (κ1) is 16.4. The lowest BCUT2D eigenvalue weighted by atomic mass is 10.2. The average molecular weight is 326 g/mol. The number of anilines is 1. The third kappa shape index (κ3) is 2.97. The van der Waals surface area contributed by atoms with E-state index < -0.39 is 22.0 Å². The number of amides is 1. The summed E-state index contributed by atoms with van der Waals surface area (Å²) in [5.41, 5.74) is 0.572. The first-order valence-electron chi connectivity index (χ1n) is 6.84. The van der Waals surface area contributed by atoms with Gasteiger partial charge in [0.2, 0.25) is 15.9 Å². The Morgan fingerprint density at radius 1 is 1.27 bits per heavy atom. The van der Waals surface area contributed by atoms with E-state index in [0.717, 1.165) is 4.31 Å². The monoisotopic (exact) mass is 326 g/mol. The highest BCUT2D eigenvalue weighted by Crippen LogP contribution is 2.27. The van der Waals surface area contributed by atoms with E-state index in [1.807, 2.05) is 0 Å². The van der Waals surface area contributed by atoms with E-state index in [1.54, 1.807) is 7.05 Å². The zero-order valence-electron chi connectivity index (χ0n) is 12.4. The third-order valence-electron chi connectivity index (χ3n) is 3.79. The van der Waals surface area contributed by atoms with Gasteiger partial charge in [-0.25, -0.2) is 8.42 Å². The first-order valence-corrected chi connectivity index (χ1v) is 8.28. The molecule has 0 aromatic heterocycles. The molecule has 2 rings (SSSR count). The molecule has 1 fully saturated rings. The fraction of sp³-hybridized carbons (Fsp3) is 0.429. The van der Waals surface area contributed by atoms with Crippen molar-refractivity contribution >= 4 is 27.6 Å². The molecule has 1 aromatic rings. The van der Waals surface area contributed by atoms with E-state index >= 15 is 0 Å². The van der Waals surface area contributed by atoms with Crippen LogP contribution in [0.25, 0.3) is 0 Å². The summed E-state index contributed by atoms with van der Waals surface area (Å²) in [5, 5.41) is 9.12. The van der Waals surface area contributed by atoms with Crippen LogP contribution >= 0.6 is 0 Å².